The van der Waals surface area contributed by atoms with Gasteiger partial charge in [0.15, 0.2) is 5.17 Å². The van der Waals surface area contributed by atoms with Gasteiger partial charge in [0.05, 0.1) is 6.21 Å². The normalized spacial score (nSPS) is 15.9. The average Bonchev–Trinajstić information content (AvgIpc) is 3.15. The van der Waals surface area contributed by atoms with E-state index in [1.807, 2.05) is 24.3 Å². The van der Waals surface area contributed by atoms with E-state index in [2.05, 4.69) is 45.4 Å². The van der Waals surface area contributed by atoms with Gasteiger partial charge in [-0.1, -0.05) is 66.4 Å². The molecule has 1 fully saturated rings. The zero-order valence-corrected chi connectivity index (χ0v) is 15.2. The van der Waals surface area contributed by atoms with Crippen LogP contribution in [0.5, 0.6) is 0 Å². The number of likely N-dealkylation sites (tertiary alicyclic amines) is 1. The van der Waals surface area contributed by atoms with Gasteiger partial charge in [0.25, 0.3) is 0 Å². The molecule has 0 amide bonds. The lowest BCUT2D eigenvalue weighted by Gasteiger charge is -2.15. The predicted molar refractivity (Wildman–Crippen MR) is 108 cm³/mol. The van der Waals surface area contributed by atoms with Crippen LogP contribution in [0.15, 0.2) is 64.8 Å². The summed E-state index contributed by atoms with van der Waals surface area (Å²) in [4.78, 5) is 2.49. The molecule has 25 heavy (non-hydrogen) atoms. The zero-order chi connectivity index (χ0) is 17.3. The van der Waals surface area contributed by atoms with Crippen LogP contribution >= 0.6 is 11.8 Å². The second-order valence-electron chi connectivity index (χ2n) is 6.14. The summed E-state index contributed by atoms with van der Waals surface area (Å²) in [5, 5.41) is 8.79. The van der Waals surface area contributed by atoms with E-state index in [1.54, 1.807) is 6.21 Å². The third-order valence-electron chi connectivity index (χ3n) is 4.23. The minimum atomic E-state index is 0.483. The molecule has 1 heterocycles. The Morgan fingerprint density at radius 3 is 2.56 bits per heavy atom. The lowest BCUT2D eigenvalue weighted by atomic mass is 10.1. The first-order chi connectivity index (χ1) is 12.3. The van der Waals surface area contributed by atoms with Gasteiger partial charge in [-0.25, -0.2) is 0 Å². The largest absolute Gasteiger partial charge is 0.377 e. The van der Waals surface area contributed by atoms with Gasteiger partial charge in [-0.3, -0.25) is 4.90 Å². The minimum Gasteiger partial charge on any atom is -0.377 e. The van der Waals surface area contributed by atoms with Crippen LogP contribution in [-0.2, 0) is 12.3 Å². The van der Waals surface area contributed by atoms with Crippen LogP contribution < -0.4 is 5.73 Å². The topological polar surface area (TPSA) is 54.0 Å². The lowest BCUT2D eigenvalue weighted by Crippen LogP contribution is -2.19. The van der Waals surface area contributed by atoms with Gasteiger partial charge in [0.2, 0.25) is 0 Å². The number of nitrogens with two attached hydrogens (primary N) is 1. The summed E-state index contributed by atoms with van der Waals surface area (Å²) in [6.45, 7) is 3.35. The van der Waals surface area contributed by atoms with E-state index in [0.717, 1.165) is 17.9 Å². The molecule has 3 rings (SSSR count). The van der Waals surface area contributed by atoms with Crippen LogP contribution in [-0.4, -0.2) is 29.4 Å². The highest BCUT2D eigenvalue weighted by molar-refractivity contribution is 8.13. The van der Waals surface area contributed by atoms with Gasteiger partial charge in [-0.2, -0.15) is 5.10 Å². The molecule has 130 valence electrons. The molecule has 0 saturated carbocycles. The third-order valence-corrected chi connectivity index (χ3v) is 5.09. The monoisotopic (exact) mass is 352 g/mol. The van der Waals surface area contributed by atoms with Crippen molar-refractivity contribution < 1.29 is 0 Å². The quantitative estimate of drug-likeness (QED) is 0.488. The van der Waals surface area contributed by atoms with Crippen molar-refractivity contribution in [2.24, 2.45) is 15.9 Å². The number of hydrogen-bond donors (Lipinski definition) is 1. The van der Waals surface area contributed by atoms with Crippen molar-refractivity contribution >= 4 is 23.1 Å². The fourth-order valence-electron chi connectivity index (χ4n) is 2.89. The average molecular weight is 353 g/mol. The van der Waals surface area contributed by atoms with Gasteiger partial charge in [-0.15, -0.1) is 5.10 Å². The molecule has 0 spiro atoms. The van der Waals surface area contributed by atoms with E-state index in [0.29, 0.717) is 5.17 Å². The zero-order valence-electron chi connectivity index (χ0n) is 14.3. The maximum atomic E-state index is 5.95. The molecule has 2 N–H and O–H groups in total. The van der Waals surface area contributed by atoms with Crippen molar-refractivity contribution in [1.29, 1.82) is 0 Å². The highest BCUT2D eigenvalue weighted by Crippen LogP contribution is 2.15. The number of nitrogens with zero attached hydrogens (tertiary/aromatic N) is 3. The fourth-order valence-corrected chi connectivity index (χ4v) is 3.51. The van der Waals surface area contributed by atoms with Gasteiger partial charge >= 0.3 is 0 Å². The molecule has 5 heteroatoms. The molecule has 1 aliphatic heterocycles. The standard InChI is InChI=1S/C20H24N4S/c21-20(25-16-17-8-2-1-3-9-17)23-22-14-18-10-4-5-11-19(18)15-24-12-6-7-13-24/h1-5,8-11,14H,6-7,12-13,15-16H2,(H2,21,23). The van der Waals surface area contributed by atoms with E-state index in [9.17, 15) is 0 Å². The Bertz CT molecular complexity index is 721. The Labute approximate surface area is 153 Å². The van der Waals surface area contributed by atoms with Crippen molar-refractivity contribution in [1.82, 2.24) is 4.90 Å². The second kappa shape index (κ2) is 9.39. The summed E-state index contributed by atoms with van der Waals surface area (Å²) in [5.74, 6) is 0.803. The Balaban J connectivity index is 1.57. The molecule has 2 aromatic rings. The van der Waals surface area contributed by atoms with E-state index < -0.39 is 0 Å². The van der Waals surface area contributed by atoms with Crippen molar-refractivity contribution in [3.05, 3.63) is 71.3 Å². The summed E-state index contributed by atoms with van der Waals surface area (Å²) in [7, 11) is 0. The maximum Gasteiger partial charge on any atom is 0.180 e. The molecule has 1 aliphatic rings. The SMILES string of the molecule is NC(=NN=Cc1ccccc1CN1CCCC1)SCc1ccccc1. The molecule has 0 aliphatic carbocycles. The van der Waals surface area contributed by atoms with Gasteiger partial charge < -0.3 is 5.73 Å². The van der Waals surface area contributed by atoms with E-state index in [1.165, 1.54) is 48.8 Å². The maximum absolute atomic E-state index is 5.95. The van der Waals surface area contributed by atoms with Crippen LogP contribution in [0, 0.1) is 0 Å². The smallest absolute Gasteiger partial charge is 0.180 e. The van der Waals surface area contributed by atoms with Gasteiger partial charge in [-0.05, 0) is 42.6 Å². The Kier molecular flexibility index (Phi) is 6.65. The molecule has 4 nitrogen and oxygen atoms in total. The van der Waals surface area contributed by atoms with Crippen LogP contribution in [0.4, 0.5) is 0 Å². The predicted octanol–water partition coefficient (Wildman–Crippen LogP) is 3.86. The number of amidine groups is 1. The molecule has 2 aromatic carbocycles. The van der Waals surface area contributed by atoms with Crippen LogP contribution in [0.2, 0.25) is 0 Å². The molecule has 1 saturated heterocycles. The first-order valence-electron chi connectivity index (χ1n) is 8.65. The summed E-state index contributed by atoms with van der Waals surface area (Å²) >= 11 is 1.50. The van der Waals surface area contributed by atoms with Crippen molar-refractivity contribution in [3.63, 3.8) is 0 Å². The molecule has 0 radical (unpaired) electrons. The minimum absolute atomic E-state index is 0.483. The summed E-state index contributed by atoms with van der Waals surface area (Å²) < 4.78 is 0. The van der Waals surface area contributed by atoms with Crippen molar-refractivity contribution in [2.75, 3.05) is 13.1 Å². The summed E-state index contributed by atoms with van der Waals surface area (Å²) in [5.41, 5.74) is 9.57. The fraction of sp³-hybridized carbons (Fsp3) is 0.300. The van der Waals surface area contributed by atoms with Gasteiger partial charge in [0.1, 0.15) is 0 Å². The molecule has 0 unspecified atom stereocenters. The lowest BCUT2D eigenvalue weighted by molar-refractivity contribution is 0.331. The van der Waals surface area contributed by atoms with Crippen molar-refractivity contribution in [3.8, 4) is 0 Å². The molecule has 0 bridgehead atoms. The van der Waals surface area contributed by atoms with Crippen molar-refractivity contribution in [2.45, 2.75) is 25.1 Å². The van der Waals surface area contributed by atoms with E-state index >= 15 is 0 Å². The summed E-state index contributed by atoms with van der Waals surface area (Å²) in [6.07, 6.45) is 4.41. The van der Waals surface area contributed by atoms with Crippen LogP contribution in [0.1, 0.15) is 29.5 Å². The Morgan fingerprint density at radius 1 is 1.04 bits per heavy atom. The summed E-state index contributed by atoms with van der Waals surface area (Å²) in [6, 6.07) is 18.6. The Hall–Kier alpha value is -2.11. The van der Waals surface area contributed by atoms with Crippen LogP contribution in [0.3, 0.4) is 0 Å². The number of benzene rings is 2. The number of thioether (sulfide) groups is 1. The van der Waals surface area contributed by atoms with Crippen LogP contribution in [0.25, 0.3) is 0 Å². The highest BCUT2D eigenvalue weighted by atomic mass is 32.2. The van der Waals surface area contributed by atoms with E-state index in [-0.39, 0.29) is 0 Å². The Morgan fingerprint density at radius 2 is 1.76 bits per heavy atom. The highest BCUT2D eigenvalue weighted by Gasteiger charge is 2.12. The first kappa shape index (κ1) is 17.7. The molecular weight excluding hydrogens is 328 g/mol. The van der Waals surface area contributed by atoms with Gasteiger partial charge in [0, 0.05) is 12.3 Å². The number of hydrogen-bond acceptors (Lipinski definition) is 4. The molecule has 0 aromatic heterocycles. The first-order valence-corrected chi connectivity index (χ1v) is 9.63. The number of rotatable bonds is 6. The molecular formula is C20H24N4S. The second-order valence-corrected chi connectivity index (χ2v) is 7.13. The third kappa shape index (κ3) is 5.73. The van der Waals surface area contributed by atoms with E-state index in [4.69, 9.17) is 5.73 Å². The molecule has 0 atom stereocenters.